The fourth-order valence-electron chi connectivity index (χ4n) is 2.83. The molecule has 0 aliphatic rings. The van der Waals surface area contributed by atoms with Crippen molar-refractivity contribution in [1.29, 1.82) is 0 Å². The molecule has 2 aromatic rings. The number of halogens is 3. The number of likely N-dealkylation sites (N-methyl/N-ethyl adjacent to an activating group) is 1. The Hall–Kier alpha value is -2.53. The summed E-state index contributed by atoms with van der Waals surface area (Å²) in [6.45, 7) is 0.857. The number of sulfonamides is 1. The molecule has 7 nitrogen and oxygen atoms in total. The summed E-state index contributed by atoms with van der Waals surface area (Å²) in [4.78, 5) is 26.5. The number of hydrogen-bond donors (Lipinski definition) is 1. The zero-order chi connectivity index (χ0) is 23.3. The lowest BCUT2D eigenvalue weighted by Gasteiger charge is -2.31. The van der Waals surface area contributed by atoms with Gasteiger partial charge in [-0.3, -0.25) is 13.9 Å². The zero-order valence-corrected chi connectivity index (χ0v) is 19.5. The van der Waals surface area contributed by atoms with Crippen LogP contribution in [0.4, 0.5) is 14.5 Å². The quantitative estimate of drug-likeness (QED) is 0.583. The molecule has 0 aliphatic heterocycles. The van der Waals surface area contributed by atoms with Crippen molar-refractivity contribution in [2.45, 2.75) is 19.5 Å². The Morgan fingerprint density at radius 2 is 1.71 bits per heavy atom. The van der Waals surface area contributed by atoms with Crippen LogP contribution in [-0.2, 0) is 26.2 Å². The number of rotatable bonds is 8. The standard InChI is InChI=1S/C20H22BrF2N3O4S/c1-13(20(28)24-2)25(11-14-4-6-15(21)7-5-14)19(27)12-26(31(3,29)30)16-8-9-17(22)18(23)10-16/h4-10,13H,11-12H2,1-3H3,(H,24,28)/t13-/m1/s1. The maximum absolute atomic E-state index is 13.7. The predicted molar refractivity (Wildman–Crippen MR) is 117 cm³/mol. The normalized spacial score (nSPS) is 12.2. The van der Waals surface area contributed by atoms with Crippen LogP contribution in [-0.4, -0.2) is 51.0 Å². The first kappa shape index (κ1) is 24.7. The zero-order valence-electron chi connectivity index (χ0n) is 17.1. The molecule has 0 saturated carbocycles. The Morgan fingerprint density at radius 1 is 1.10 bits per heavy atom. The molecule has 0 spiro atoms. The highest BCUT2D eigenvalue weighted by atomic mass is 79.9. The van der Waals surface area contributed by atoms with E-state index in [-0.39, 0.29) is 12.2 Å². The molecule has 11 heteroatoms. The van der Waals surface area contributed by atoms with Crippen molar-refractivity contribution in [3.05, 3.63) is 64.1 Å². The van der Waals surface area contributed by atoms with E-state index in [0.717, 1.165) is 22.9 Å². The molecule has 0 heterocycles. The van der Waals surface area contributed by atoms with E-state index in [9.17, 15) is 26.8 Å². The maximum Gasteiger partial charge on any atom is 0.244 e. The molecule has 168 valence electrons. The van der Waals surface area contributed by atoms with Gasteiger partial charge in [0, 0.05) is 24.1 Å². The third-order valence-corrected chi connectivity index (χ3v) is 6.22. The fraction of sp³-hybridized carbons (Fsp3) is 0.300. The number of carbonyl (C=O) groups excluding carboxylic acids is 2. The summed E-state index contributed by atoms with van der Waals surface area (Å²) in [7, 11) is -2.59. The third kappa shape index (κ3) is 6.47. The van der Waals surface area contributed by atoms with Crippen LogP contribution in [0.25, 0.3) is 0 Å². The Morgan fingerprint density at radius 3 is 2.23 bits per heavy atom. The van der Waals surface area contributed by atoms with Crippen LogP contribution in [0.5, 0.6) is 0 Å². The van der Waals surface area contributed by atoms with Crippen LogP contribution in [0.15, 0.2) is 46.9 Å². The third-order valence-electron chi connectivity index (χ3n) is 4.55. The van der Waals surface area contributed by atoms with Crippen LogP contribution in [0.3, 0.4) is 0 Å². The lowest BCUT2D eigenvalue weighted by molar-refractivity contribution is -0.139. The number of benzene rings is 2. The van der Waals surface area contributed by atoms with Crippen molar-refractivity contribution in [2.24, 2.45) is 0 Å². The van der Waals surface area contributed by atoms with E-state index >= 15 is 0 Å². The molecule has 1 N–H and O–H groups in total. The topological polar surface area (TPSA) is 86.8 Å². The Balaban J connectivity index is 2.39. The summed E-state index contributed by atoms with van der Waals surface area (Å²) in [5.41, 5.74) is 0.511. The van der Waals surface area contributed by atoms with Crippen molar-refractivity contribution in [2.75, 3.05) is 24.2 Å². The minimum absolute atomic E-state index is 0.0378. The van der Waals surface area contributed by atoms with Gasteiger partial charge in [-0.15, -0.1) is 0 Å². The van der Waals surface area contributed by atoms with Gasteiger partial charge in [0.15, 0.2) is 11.6 Å². The lowest BCUT2D eigenvalue weighted by atomic mass is 10.1. The Kier molecular flexibility index (Phi) is 8.13. The number of hydrogen-bond acceptors (Lipinski definition) is 4. The summed E-state index contributed by atoms with van der Waals surface area (Å²) in [6.07, 6.45) is 0.850. The molecule has 2 amide bonds. The highest BCUT2D eigenvalue weighted by molar-refractivity contribution is 9.10. The van der Waals surface area contributed by atoms with Crippen LogP contribution >= 0.6 is 15.9 Å². The first-order chi connectivity index (χ1) is 14.4. The van der Waals surface area contributed by atoms with E-state index in [1.54, 1.807) is 24.3 Å². The molecule has 2 rings (SSSR count). The molecule has 0 fully saturated rings. The second-order valence-corrected chi connectivity index (χ2v) is 9.63. The summed E-state index contributed by atoms with van der Waals surface area (Å²) in [5, 5.41) is 2.46. The van der Waals surface area contributed by atoms with Crippen molar-refractivity contribution in [1.82, 2.24) is 10.2 Å². The second kappa shape index (κ2) is 10.2. The number of carbonyl (C=O) groups is 2. The van der Waals surface area contributed by atoms with Crippen LogP contribution in [0.2, 0.25) is 0 Å². The number of nitrogens with zero attached hydrogens (tertiary/aromatic N) is 2. The van der Waals surface area contributed by atoms with Gasteiger partial charge in [-0.25, -0.2) is 17.2 Å². The molecule has 0 aliphatic carbocycles. The molecule has 0 radical (unpaired) electrons. The van der Waals surface area contributed by atoms with Gasteiger partial charge < -0.3 is 10.2 Å². The van der Waals surface area contributed by atoms with E-state index in [1.807, 2.05) is 0 Å². The SMILES string of the molecule is CNC(=O)[C@@H](C)N(Cc1ccc(Br)cc1)C(=O)CN(c1ccc(F)c(F)c1)S(C)(=O)=O. The molecular weight excluding hydrogens is 496 g/mol. The van der Waals surface area contributed by atoms with Gasteiger partial charge in [-0.1, -0.05) is 28.1 Å². The molecule has 0 bridgehead atoms. The number of nitrogens with one attached hydrogen (secondary N) is 1. The summed E-state index contributed by atoms with van der Waals surface area (Å²) in [5.74, 6) is -3.52. The molecule has 31 heavy (non-hydrogen) atoms. The maximum atomic E-state index is 13.7. The van der Waals surface area contributed by atoms with Crippen molar-refractivity contribution < 1.29 is 26.8 Å². The van der Waals surface area contributed by atoms with E-state index < -0.39 is 46.1 Å². The monoisotopic (exact) mass is 517 g/mol. The average molecular weight is 518 g/mol. The Labute approximate surface area is 188 Å². The predicted octanol–water partition coefficient (Wildman–Crippen LogP) is 2.66. The van der Waals surface area contributed by atoms with Crippen molar-refractivity contribution >= 4 is 43.5 Å². The van der Waals surface area contributed by atoms with Gasteiger partial charge in [-0.2, -0.15) is 0 Å². The van der Waals surface area contributed by atoms with Crippen LogP contribution < -0.4 is 9.62 Å². The molecule has 1 atom stereocenters. The number of amides is 2. The van der Waals surface area contributed by atoms with Crippen molar-refractivity contribution in [3.63, 3.8) is 0 Å². The van der Waals surface area contributed by atoms with Gasteiger partial charge >= 0.3 is 0 Å². The highest BCUT2D eigenvalue weighted by Crippen LogP contribution is 2.22. The van der Waals surface area contributed by atoms with E-state index in [0.29, 0.717) is 15.9 Å². The van der Waals surface area contributed by atoms with Crippen LogP contribution in [0.1, 0.15) is 12.5 Å². The van der Waals surface area contributed by atoms with Gasteiger partial charge in [0.1, 0.15) is 12.6 Å². The number of anilines is 1. The average Bonchev–Trinajstić information content (AvgIpc) is 2.71. The second-order valence-electron chi connectivity index (χ2n) is 6.81. The van der Waals surface area contributed by atoms with Crippen molar-refractivity contribution in [3.8, 4) is 0 Å². The van der Waals surface area contributed by atoms with E-state index in [4.69, 9.17) is 0 Å². The summed E-state index contributed by atoms with van der Waals surface area (Å²) < 4.78 is 53.1. The molecule has 0 aromatic heterocycles. The molecule has 0 unspecified atom stereocenters. The summed E-state index contributed by atoms with van der Waals surface area (Å²) in [6, 6.07) is 8.68. The smallest absolute Gasteiger partial charge is 0.244 e. The molecule has 0 saturated heterocycles. The summed E-state index contributed by atoms with van der Waals surface area (Å²) >= 11 is 3.32. The first-order valence-corrected chi connectivity index (χ1v) is 11.8. The largest absolute Gasteiger partial charge is 0.357 e. The lowest BCUT2D eigenvalue weighted by Crippen LogP contribution is -2.50. The van der Waals surface area contributed by atoms with Gasteiger partial charge in [0.05, 0.1) is 11.9 Å². The fourth-order valence-corrected chi connectivity index (χ4v) is 3.94. The minimum atomic E-state index is -4.02. The van der Waals surface area contributed by atoms with E-state index in [2.05, 4.69) is 21.2 Å². The first-order valence-electron chi connectivity index (χ1n) is 9.12. The molecular formula is C20H22BrF2N3O4S. The van der Waals surface area contributed by atoms with Gasteiger partial charge in [-0.05, 0) is 36.8 Å². The van der Waals surface area contributed by atoms with Crippen LogP contribution in [0, 0.1) is 11.6 Å². The Bertz CT molecular complexity index is 1060. The highest BCUT2D eigenvalue weighted by Gasteiger charge is 2.30. The van der Waals surface area contributed by atoms with Gasteiger partial charge in [0.2, 0.25) is 21.8 Å². The molecule has 2 aromatic carbocycles. The van der Waals surface area contributed by atoms with E-state index in [1.165, 1.54) is 18.9 Å². The van der Waals surface area contributed by atoms with Gasteiger partial charge in [0.25, 0.3) is 0 Å². The minimum Gasteiger partial charge on any atom is -0.357 e.